The Bertz CT molecular complexity index is 168. The Kier molecular flexibility index (Phi) is 4.99. The van der Waals surface area contributed by atoms with E-state index in [1.165, 1.54) is 0 Å². The van der Waals surface area contributed by atoms with E-state index >= 15 is 0 Å². The standard InChI is InChI=1S/C10H21NO2/c1-5-6-10(11-4,9(12)13)7-8(2)3/h8,11H,5-7H2,1-4H3,(H,12,13)/t10-/m0/s1. The third kappa shape index (κ3) is 3.35. The molecule has 78 valence electrons. The summed E-state index contributed by atoms with van der Waals surface area (Å²) in [4.78, 5) is 11.1. The van der Waals surface area contributed by atoms with Gasteiger partial charge in [0.1, 0.15) is 5.54 Å². The second-order valence-corrected chi connectivity index (χ2v) is 3.99. The highest BCUT2D eigenvalue weighted by molar-refractivity contribution is 5.78. The first-order chi connectivity index (χ1) is 5.98. The average molecular weight is 187 g/mol. The van der Waals surface area contributed by atoms with Gasteiger partial charge in [-0.3, -0.25) is 4.79 Å². The van der Waals surface area contributed by atoms with Crippen molar-refractivity contribution in [2.45, 2.75) is 45.6 Å². The molecular weight excluding hydrogens is 166 g/mol. The first kappa shape index (κ1) is 12.4. The molecule has 1 atom stereocenters. The SMILES string of the molecule is CCC[C@@](CC(C)C)(NC)C(=O)O. The summed E-state index contributed by atoms with van der Waals surface area (Å²) in [5, 5.41) is 12.1. The minimum absolute atomic E-state index is 0.398. The summed E-state index contributed by atoms with van der Waals surface area (Å²) in [6.07, 6.45) is 2.27. The van der Waals surface area contributed by atoms with Gasteiger partial charge in [-0.25, -0.2) is 0 Å². The lowest BCUT2D eigenvalue weighted by Gasteiger charge is -2.30. The molecule has 3 nitrogen and oxygen atoms in total. The molecule has 0 aromatic heterocycles. The average Bonchev–Trinajstić information content (AvgIpc) is 2.02. The molecule has 0 amide bonds. The van der Waals surface area contributed by atoms with Crippen LogP contribution in [-0.4, -0.2) is 23.7 Å². The molecule has 0 aliphatic carbocycles. The molecule has 0 radical (unpaired) electrons. The van der Waals surface area contributed by atoms with Crippen molar-refractivity contribution < 1.29 is 9.90 Å². The van der Waals surface area contributed by atoms with Crippen LogP contribution in [0.3, 0.4) is 0 Å². The number of nitrogens with one attached hydrogen (secondary N) is 1. The van der Waals surface area contributed by atoms with Gasteiger partial charge < -0.3 is 10.4 Å². The summed E-state index contributed by atoms with van der Waals surface area (Å²) < 4.78 is 0. The summed E-state index contributed by atoms with van der Waals surface area (Å²) >= 11 is 0. The molecule has 2 N–H and O–H groups in total. The van der Waals surface area contributed by atoms with Gasteiger partial charge in [0.05, 0.1) is 0 Å². The minimum Gasteiger partial charge on any atom is -0.480 e. The largest absolute Gasteiger partial charge is 0.480 e. The number of carboxylic acids is 1. The van der Waals surface area contributed by atoms with Crippen molar-refractivity contribution in [3.63, 3.8) is 0 Å². The van der Waals surface area contributed by atoms with Crippen LogP contribution in [0.4, 0.5) is 0 Å². The number of hydrogen-bond acceptors (Lipinski definition) is 2. The highest BCUT2D eigenvalue weighted by Gasteiger charge is 2.36. The van der Waals surface area contributed by atoms with Crippen LogP contribution < -0.4 is 5.32 Å². The maximum absolute atomic E-state index is 11.1. The highest BCUT2D eigenvalue weighted by atomic mass is 16.4. The van der Waals surface area contributed by atoms with Gasteiger partial charge in [0.2, 0.25) is 0 Å². The summed E-state index contributed by atoms with van der Waals surface area (Å²) in [6, 6.07) is 0. The zero-order valence-corrected chi connectivity index (χ0v) is 9.05. The predicted molar refractivity (Wildman–Crippen MR) is 53.8 cm³/mol. The van der Waals surface area contributed by atoms with Gasteiger partial charge in [-0.1, -0.05) is 27.2 Å². The lowest BCUT2D eigenvalue weighted by molar-refractivity contribution is -0.145. The van der Waals surface area contributed by atoms with Gasteiger partial charge in [0.15, 0.2) is 0 Å². The molecule has 0 unspecified atom stereocenters. The van der Waals surface area contributed by atoms with Gasteiger partial charge in [0, 0.05) is 0 Å². The zero-order valence-electron chi connectivity index (χ0n) is 9.05. The molecule has 0 spiro atoms. The summed E-state index contributed by atoms with van der Waals surface area (Å²) in [7, 11) is 1.73. The van der Waals surface area contributed by atoms with Crippen molar-refractivity contribution in [1.29, 1.82) is 0 Å². The second-order valence-electron chi connectivity index (χ2n) is 3.99. The van der Waals surface area contributed by atoms with Crippen LogP contribution in [-0.2, 0) is 4.79 Å². The first-order valence-electron chi connectivity index (χ1n) is 4.90. The van der Waals surface area contributed by atoms with E-state index in [1.807, 2.05) is 20.8 Å². The third-order valence-electron chi connectivity index (χ3n) is 2.32. The van der Waals surface area contributed by atoms with Crippen molar-refractivity contribution in [3.8, 4) is 0 Å². The summed E-state index contributed by atoms with van der Waals surface area (Å²) in [6.45, 7) is 6.10. The van der Waals surface area contributed by atoms with E-state index in [4.69, 9.17) is 5.11 Å². The van der Waals surface area contributed by atoms with Crippen LogP contribution in [0.25, 0.3) is 0 Å². The maximum atomic E-state index is 11.1. The van der Waals surface area contributed by atoms with Crippen molar-refractivity contribution in [2.24, 2.45) is 5.92 Å². The van der Waals surface area contributed by atoms with Crippen molar-refractivity contribution in [3.05, 3.63) is 0 Å². The van der Waals surface area contributed by atoms with E-state index in [0.29, 0.717) is 18.8 Å². The number of aliphatic carboxylic acids is 1. The number of carboxylic acid groups (broad SMARTS) is 1. The zero-order chi connectivity index (χ0) is 10.5. The van der Waals surface area contributed by atoms with E-state index in [0.717, 1.165) is 6.42 Å². The van der Waals surface area contributed by atoms with Crippen LogP contribution in [0.5, 0.6) is 0 Å². The fraction of sp³-hybridized carbons (Fsp3) is 0.900. The predicted octanol–water partition coefficient (Wildman–Crippen LogP) is 1.88. The Morgan fingerprint density at radius 1 is 1.54 bits per heavy atom. The van der Waals surface area contributed by atoms with E-state index in [1.54, 1.807) is 7.05 Å². The molecule has 0 heterocycles. The normalized spacial score (nSPS) is 15.8. The molecule has 0 fully saturated rings. The number of carbonyl (C=O) groups is 1. The maximum Gasteiger partial charge on any atom is 0.323 e. The van der Waals surface area contributed by atoms with E-state index in [-0.39, 0.29) is 0 Å². The Balaban J connectivity index is 4.54. The second kappa shape index (κ2) is 5.22. The van der Waals surface area contributed by atoms with Crippen molar-refractivity contribution >= 4 is 5.97 Å². The molecule has 0 aromatic rings. The molecule has 13 heavy (non-hydrogen) atoms. The van der Waals surface area contributed by atoms with E-state index in [2.05, 4.69) is 5.32 Å². The molecular formula is C10H21NO2. The van der Waals surface area contributed by atoms with Crippen LogP contribution in [0.2, 0.25) is 0 Å². The first-order valence-corrected chi connectivity index (χ1v) is 4.90. The Morgan fingerprint density at radius 3 is 2.31 bits per heavy atom. The van der Waals surface area contributed by atoms with Crippen molar-refractivity contribution in [2.75, 3.05) is 7.05 Å². The van der Waals surface area contributed by atoms with Crippen LogP contribution in [0.1, 0.15) is 40.0 Å². The fourth-order valence-corrected chi connectivity index (χ4v) is 1.75. The van der Waals surface area contributed by atoms with Crippen LogP contribution >= 0.6 is 0 Å². The number of hydrogen-bond donors (Lipinski definition) is 2. The number of rotatable bonds is 6. The lowest BCUT2D eigenvalue weighted by atomic mass is 9.85. The monoisotopic (exact) mass is 187 g/mol. The van der Waals surface area contributed by atoms with Crippen molar-refractivity contribution in [1.82, 2.24) is 5.32 Å². The molecule has 0 aromatic carbocycles. The molecule has 0 saturated carbocycles. The van der Waals surface area contributed by atoms with Crippen LogP contribution in [0, 0.1) is 5.92 Å². The third-order valence-corrected chi connectivity index (χ3v) is 2.32. The molecule has 0 bridgehead atoms. The van der Waals surface area contributed by atoms with Gasteiger partial charge in [-0.15, -0.1) is 0 Å². The molecule has 0 saturated heterocycles. The Hall–Kier alpha value is -0.570. The smallest absolute Gasteiger partial charge is 0.323 e. The van der Waals surface area contributed by atoms with Gasteiger partial charge in [-0.05, 0) is 25.8 Å². The minimum atomic E-state index is -0.731. The van der Waals surface area contributed by atoms with Gasteiger partial charge in [-0.2, -0.15) is 0 Å². The molecule has 3 heteroatoms. The van der Waals surface area contributed by atoms with Gasteiger partial charge >= 0.3 is 5.97 Å². The fourth-order valence-electron chi connectivity index (χ4n) is 1.75. The molecule has 0 aliphatic heterocycles. The Morgan fingerprint density at radius 2 is 2.08 bits per heavy atom. The number of likely N-dealkylation sites (N-methyl/N-ethyl adjacent to an activating group) is 1. The van der Waals surface area contributed by atoms with E-state index in [9.17, 15) is 4.79 Å². The summed E-state index contributed by atoms with van der Waals surface area (Å²) in [5.74, 6) is -0.333. The molecule has 0 aliphatic rings. The lowest BCUT2D eigenvalue weighted by Crippen LogP contribution is -2.51. The van der Waals surface area contributed by atoms with Gasteiger partial charge in [0.25, 0.3) is 0 Å². The van der Waals surface area contributed by atoms with Crippen LogP contribution in [0.15, 0.2) is 0 Å². The quantitative estimate of drug-likeness (QED) is 0.667. The molecule has 0 rings (SSSR count). The summed E-state index contributed by atoms with van der Waals surface area (Å²) in [5.41, 5.74) is -0.719. The Labute approximate surface area is 80.5 Å². The highest BCUT2D eigenvalue weighted by Crippen LogP contribution is 2.22. The topological polar surface area (TPSA) is 49.3 Å². The van der Waals surface area contributed by atoms with E-state index < -0.39 is 11.5 Å².